The van der Waals surface area contributed by atoms with Crippen molar-refractivity contribution in [3.8, 4) is 11.6 Å². The first-order valence-corrected chi connectivity index (χ1v) is 9.24. The molecule has 0 radical (unpaired) electrons. The Morgan fingerprint density at radius 3 is 2.83 bits per heavy atom. The van der Waals surface area contributed by atoms with Crippen LogP contribution in [0.2, 0.25) is 0 Å². The lowest BCUT2D eigenvalue weighted by atomic mass is 10.0. The lowest BCUT2D eigenvalue weighted by Crippen LogP contribution is -2.49. The fourth-order valence-electron chi connectivity index (χ4n) is 2.60. The maximum atomic E-state index is 12.4. The van der Waals surface area contributed by atoms with Crippen molar-refractivity contribution in [1.82, 2.24) is 19.7 Å². The number of anilines is 1. The summed E-state index contributed by atoms with van der Waals surface area (Å²) in [5, 5.41) is 13.7. The van der Waals surface area contributed by atoms with Crippen LogP contribution in [-0.2, 0) is 14.8 Å². The summed E-state index contributed by atoms with van der Waals surface area (Å²) in [6.07, 6.45) is 3.04. The van der Waals surface area contributed by atoms with Crippen molar-refractivity contribution in [3.05, 3.63) is 11.8 Å². The molecule has 1 N–H and O–H groups in total. The molecule has 1 unspecified atom stereocenters. The van der Waals surface area contributed by atoms with Crippen LogP contribution in [0.5, 0.6) is 0 Å². The van der Waals surface area contributed by atoms with E-state index in [-0.39, 0.29) is 11.9 Å². The minimum Gasteiger partial charge on any atom is -0.401 e. The Morgan fingerprint density at radius 2 is 2.17 bits per heavy atom. The van der Waals surface area contributed by atoms with Crippen molar-refractivity contribution in [3.63, 3.8) is 0 Å². The smallest absolute Gasteiger partial charge is 0.322 e. The molecule has 1 fully saturated rings. The van der Waals surface area contributed by atoms with Crippen molar-refractivity contribution in [2.45, 2.75) is 32.2 Å². The predicted octanol–water partition coefficient (Wildman–Crippen LogP) is 0.786. The number of nitrogens with one attached hydrogen (secondary N) is 1. The summed E-state index contributed by atoms with van der Waals surface area (Å²) < 4.78 is 35.1. The monoisotopic (exact) mass is 355 g/mol. The largest absolute Gasteiger partial charge is 0.401 e. The van der Waals surface area contributed by atoms with Gasteiger partial charge in [0.25, 0.3) is 5.89 Å². The molecule has 0 bridgehead atoms. The summed E-state index contributed by atoms with van der Waals surface area (Å²) in [6.45, 7) is 2.04. The number of amides is 1. The average Bonchev–Trinajstić information content (AvgIpc) is 3.15. The first kappa shape index (κ1) is 16.6. The summed E-state index contributed by atoms with van der Waals surface area (Å²) in [5.41, 5.74) is 0.357. The molecule has 3 heterocycles. The Bertz CT molecular complexity index is 843. The van der Waals surface area contributed by atoms with Crippen LogP contribution in [0, 0.1) is 6.92 Å². The van der Waals surface area contributed by atoms with Gasteiger partial charge in [0.1, 0.15) is 11.8 Å². The lowest BCUT2D eigenvalue weighted by molar-refractivity contribution is -0.120. The maximum absolute atomic E-state index is 12.4. The minimum atomic E-state index is -3.46. The van der Waals surface area contributed by atoms with E-state index in [9.17, 15) is 13.2 Å². The van der Waals surface area contributed by atoms with E-state index >= 15 is 0 Å². The number of piperidine rings is 1. The fraction of sp³-hybridized carbons (Fsp3) is 0.538. The predicted molar refractivity (Wildman–Crippen MR) is 82.4 cm³/mol. The second-order valence-electron chi connectivity index (χ2n) is 5.61. The second kappa shape index (κ2) is 6.32. The molecular weight excluding hydrogens is 338 g/mol. The third-order valence-corrected chi connectivity index (χ3v) is 4.97. The summed E-state index contributed by atoms with van der Waals surface area (Å²) in [7, 11) is -3.46. The van der Waals surface area contributed by atoms with Crippen molar-refractivity contribution < 1.29 is 22.2 Å². The molecule has 0 aromatic carbocycles. The molecule has 130 valence electrons. The van der Waals surface area contributed by atoms with Gasteiger partial charge in [-0.1, -0.05) is 16.7 Å². The third-order valence-electron chi connectivity index (χ3n) is 3.68. The van der Waals surface area contributed by atoms with Gasteiger partial charge in [-0.3, -0.25) is 10.1 Å². The van der Waals surface area contributed by atoms with Gasteiger partial charge in [-0.2, -0.15) is 4.31 Å². The van der Waals surface area contributed by atoms with E-state index in [4.69, 9.17) is 8.94 Å². The zero-order chi connectivity index (χ0) is 17.3. The second-order valence-corrected chi connectivity index (χ2v) is 7.54. The number of nitrogens with zero attached hydrogens (tertiary/aromatic N) is 4. The first-order valence-electron chi connectivity index (χ1n) is 7.39. The number of hydrogen-bond donors (Lipinski definition) is 1. The van der Waals surface area contributed by atoms with E-state index in [2.05, 4.69) is 20.7 Å². The summed E-state index contributed by atoms with van der Waals surface area (Å²) in [6, 6.07) is 0.721. The maximum Gasteiger partial charge on any atom is 0.322 e. The van der Waals surface area contributed by atoms with Gasteiger partial charge in [-0.25, -0.2) is 8.42 Å². The zero-order valence-electron chi connectivity index (χ0n) is 13.2. The van der Waals surface area contributed by atoms with Crippen LogP contribution in [0.4, 0.5) is 6.01 Å². The standard InChI is InChI=1S/C13H17N5O5S/c1-8-7-9(17-23-8)12-15-16-13(22-12)14-11(19)10-5-3-4-6-18(10)24(2,20)21/h7,10H,3-6H2,1-2H3,(H,14,16,19). The Balaban J connectivity index is 1.73. The highest BCUT2D eigenvalue weighted by Crippen LogP contribution is 2.23. The summed E-state index contributed by atoms with van der Waals surface area (Å²) in [4.78, 5) is 12.4. The molecule has 2 aromatic heterocycles. The molecule has 10 nitrogen and oxygen atoms in total. The fourth-order valence-corrected chi connectivity index (χ4v) is 3.72. The molecule has 1 atom stereocenters. The van der Waals surface area contributed by atoms with Gasteiger partial charge in [-0.05, 0) is 19.8 Å². The van der Waals surface area contributed by atoms with Gasteiger partial charge in [0, 0.05) is 12.6 Å². The molecule has 11 heteroatoms. The van der Waals surface area contributed by atoms with Gasteiger partial charge < -0.3 is 8.94 Å². The van der Waals surface area contributed by atoms with Crippen LogP contribution in [0.25, 0.3) is 11.6 Å². The normalized spacial score (nSPS) is 19.3. The Hall–Kier alpha value is -2.27. The Morgan fingerprint density at radius 1 is 1.38 bits per heavy atom. The number of sulfonamides is 1. The van der Waals surface area contributed by atoms with E-state index < -0.39 is 22.0 Å². The first-order chi connectivity index (χ1) is 11.3. The van der Waals surface area contributed by atoms with Crippen molar-refractivity contribution in [2.75, 3.05) is 18.1 Å². The van der Waals surface area contributed by atoms with Crippen LogP contribution in [0.15, 0.2) is 15.0 Å². The van der Waals surface area contributed by atoms with Crippen LogP contribution in [0.3, 0.4) is 0 Å². The van der Waals surface area contributed by atoms with Crippen molar-refractivity contribution in [2.24, 2.45) is 0 Å². The van der Waals surface area contributed by atoms with E-state index in [1.54, 1.807) is 13.0 Å². The topological polar surface area (TPSA) is 131 Å². The number of aryl methyl sites for hydroxylation is 1. The van der Waals surface area contributed by atoms with Crippen LogP contribution in [0.1, 0.15) is 25.0 Å². The zero-order valence-corrected chi connectivity index (χ0v) is 14.0. The van der Waals surface area contributed by atoms with E-state index in [0.717, 1.165) is 19.1 Å². The quantitative estimate of drug-likeness (QED) is 0.851. The molecule has 2 aromatic rings. The molecule has 24 heavy (non-hydrogen) atoms. The van der Waals surface area contributed by atoms with Gasteiger partial charge in [-0.15, -0.1) is 5.10 Å². The summed E-state index contributed by atoms with van der Waals surface area (Å²) >= 11 is 0. The number of carbonyl (C=O) groups excluding carboxylic acids is 1. The van der Waals surface area contributed by atoms with E-state index in [1.807, 2.05) is 0 Å². The van der Waals surface area contributed by atoms with Gasteiger partial charge >= 0.3 is 6.01 Å². The van der Waals surface area contributed by atoms with E-state index in [1.165, 1.54) is 4.31 Å². The van der Waals surface area contributed by atoms with Crippen LogP contribution < -0.4 is 5.32 Å². The van der Waals surface area contributed by atoms with Gasteiger partial charge in [0.2, 0.25) is 15.9 Å². The molecule has 1 amide bonds. The van der Waals surface area contributed by atoms with Crippen molar-refractivity contribution >= 4 is 21.9 Å². The Kier molecular flexibility index (Phi) is 4.37. The van der Waals surface area contributed by atoms with Crippen LogP contribution in [-0.4, -0.2) is 52.8 Å². The van der Waals surface area contributed by atoms with Crippen LogP contribution >= 0.6 is 0 Å². The van der Waals surface area contributed by atoms with Gasteiger partial charge in [0.15, 0.2) is 5.69 Å². The number of hydrogen-bond acceptors (Lipinski definition) is 8. The van der Waals surface area contributed by atoms with Crippen molar-refractivity contribution in [1.29, 1.82) is 0 Å². The third kappa shape index (κ3) is 3.46. The molecule has 0 aliphatic carbocycles. The highest BCUT2D eigenvalue weighted by atomic mass is 32.2. The molecule has 0 saturated carbocycles. The molecule has 1 saturated heterocycles. The molecule has 1 aliphatic heterocycles. The average molecular weight is 355 g/mol. The minimum absolute atomic E-state index is 0.103. The molecular formula is C13H17N5O5S. The number of carbonyl (C=O) groups is 1. The molecule has 3 rings (SSSR count). The SMILES string of the molecule is Cc1cc(-c2nnc(NC(=O)C3CCCCN3S(C)(=O)=O)o2)no1. The number of aromatic nitrogens is 3. The molecule has 0 spiro atoms. The highest BCUT2D eigenvalue weighted by molar-refractivity contribution is 7.88. The van der Waals surface area contributed by atoms with Gasteiger partial charge in [0.05, 0.1) is 6.26 Å². The lowest BCUT2D eigenvalue weighted by Gasteiger charge is -2.32. The Labute approximate surface area is 138 Å². The number of rotatable bonds is 4. The highest BCUT2D eigenvalue weighted by Gasteiger charge is 2.35. The van der Waals surface area contributed by atoms with E-state index in [0.29, 0.717) is 24.4 Å². The summed E-state index contributed by atoms with van der Waals surface area (Å²) in [5.74, 6) is 0.192. The molecule has 1 aliphatic rings.